The first kappa shape index (κ1) is 17.0. The molecule has 2 rings (SSSR count). The van der Waals surface area contributed by atoms with E-state index < -0.39 is 6.09 Å². The van der Waals surface area contributed by atoms with E-state index in [1.165, 1.54) is 0 Å². The van der Waals surface area contributed by atoms with E-state index in [0.29, 0.717) is 35.4 Å². The molecule has 0 aliphatic rings. The zero-order valence-corrected chi connectivity index (χ0v) is 13.7. The van der Waals surface area contributed by atoms with Crippen molar-refractivity contribution >= 4 is 23.4 Å². The lowest BCUT2D eigenvalue weighted by Gasteiger charge is -2.12. The number of methoxy groups -OCH3 is 1. The second-order valence-electron chi connectivity index (χ2n) is 4.62. The van der Waals surface area contributed by atoms with E-state index in [-0.39, 0.29) is 0 Å². The van der Waals surface area contributed by atoms with Crippen molar-refractivity contribution in [2.24, 2.45) is 0 Å². The Labute approximate surface area is 140 Å². The number of halogens is 1. The van der Waals surface area contributed by atoms with Gasteiger partial charge in [0.1, 0.15) is 18.1 Å². The van der Waals surface area contributed by atoms with Crippen LogP contribution in [0, 0.1) is 0 Å². The Morgan fingerprint density at radius 2 is 2.04 bits per heavy atom. The molecule has 2 aromatic rings. The van der Waals surface area contributed by atoms with Gasteiger partial charge in [0.05, 0.1) is 13.7 Å². The van der Waals surface area contributed by atoms with Crippen LogP contribution in [0.1, 0.15) is 12.5 Å². The summed E-state index contributed by atoms with van der Waals surface area (Å²) in [4.78, 5) is 11.4. The van der Waals surface area contributed by atoms with Crippen LogP contribution in [0.15, 0.2) is 42.5 Å². The van der Waals surface area contributed by atoms with Crippen LogP contribution in [-0.2, 0) is 11.3 Å². The molecule has 1 amide bonds. The molecule has 2 aromatic carbocycles. The average Bonchev–Trinajstić information content (AvgIpc) is 2.53. The number of rotatable bonds is 6. The zero-order chi connectivity index (χ0) is 16.7. The summed E-state index contributed by atoms with van der Waals surface area (Å²) in [5.41, 5.74) is 1.43. The van der Waals surface area contributed by atoms with Crippen molar-refractivity contribution < 1.29 is 19.0 Å². The molecule has 0 aliphatic carbocycles. The molecular weight excluding hydrogens is 318 g/mol. The van der Waals surface area contributed by atoms with Gasteiger partial charge in [0, 0.05) is 22.3 Å². The highest BCUT2D eigenvalue weighted by molar-refractivity contribution is 6.30. The molecule has 0 heterocycles. The second-order valence-corrected chi connectivity index (χ2v) is 5.05. The maximum absolute atomic E-state index is 11.4. The number of carbonyl (C=O) groups is 1. The summed E-state index contributed by atoms with van der Waals surface area (Å²) in [6, 6.07) is 12.4. The van der Waals surface area contributed by atoms with Gasteiger partial charge in [-0.1, -0.05) is 17.7 Å². The number of nitrogens with one attached hydrogen (secondary N) is 1. The number of hydrogen-bond donors (Lipinski definition) is 1. The van der Waals surface area contributed by atoms with E-state index in [2.05, 4.69) is 5.32 Å². The molecule has 23 heavy (non-hydrogen) atoms. The predicted octanol–water partition coefficient (Wildman–Crippen LogP) is 4.50. The highest BCUT2D eigenvalue weighted by atomic mass is 35.5. The Kier molecular flexibility index (Phi) is 6.11. The first-order chi connectivity index (χ1) is 11.1. The quantitative estimate of drug-likeness (QED) is 0.844. The molecule has 0 bridgehead atoms. The number of benzene rings is 2. The summed E-state index contributed by atoms with van der Waals surface area (Å²) in [6.45, 7) is 2.36. The summed E-state index contributed by atoms with van der Waals surface area (Å²) in [5, 5.41) is 3.24. The highest BCUT2D eigenvalue weighted by Crippen LogP contribution is 2.25. The van der Waals surface area contributed by atoms with E-state index in [9.17, 15) is 4.79 Å². The fraction of sp³-hybridized carbons (Fsp3) is 0.235. The standard InChI is InChI=1S/C17H18ClNO4/c1-3-22-17(20)19-14-5-4-6-15(10-14)23-11-12-9-13(18)7-8-16(12)21-2/h4-10H,3,11H2,1-2H3,(H,19,20). The van der Waals surface area contributed by atoms with Crippen LogP contribution in [-0.4, -0.2) is 19.8 Å². The summed E-state index contributed by atoms with van der Waals surface area (Å²) >= 11 is 6.00. The minimum Gasteiger partial charge on any atom is -0.496 e. The Balaban J connectivity index is 2.04. The second kappa shape index (κ2) is 8.29. The van der Waals surface area contributed by atoms with Crippen LogP contribution in [0.2, 0.25) is 5.02 Å². The lowest BCUT2D eigenvalue weighted by atomic mass is 10.2. The number of anilines is 1. The number of carbonyl (C=O) groups excluding carboxylic acids is 1. The molecule has 0 aliphatic heterocycles. The number of ether oxygens (including phenoxy) is 3. The normalized spacial score (nSPS) is 10.0. The van der Waals surface area contributed by atoms with E-state index in [4.69, 9.17) is 25.8 Å². The zero-order valence-electron chi connectivity index (χ0n) is 13.0. The van der Waals surface area contributed by atoms with Crippen molar-refractivity contribution in [1.29, 1.82) is 0 Å². The van der Waals surface area contributed by atoms with Gasteiger partial charge in [0.2, 0.25) is 0 Å². The van der Waals surface area contributed by atoms with Crippen LogP contribution in [0.4, 0.5) is 10.5 Å². The molecule has 0 spiro atoms. The maximum Gasteiger partial charge on any atom is 0.411 e. The van der Waals surface area contributed by atoms with Crippen molar-refractivity contribution in [3.63, 3.8) is 0 Å². The number of amides is 1. The molecule has 0 saturated carbocycles. The van der Waals surface area contributed by atoms with Gasteiger partial charge in [-0.15, -0.1) is 0 Å². The third kappa shape index (κ3) is 5.07. The monoisotopic (exact) mass is 335 g/mol. The Bertz CT molecular complexity index is 675. The summed E-state index contributed by atoms with van der Waals surface area (Å²) < 4.78 is 15.9. The fourth-order valence-corrected chi connectivity index (χ4v) is 2.16. The first-order valence-electron chi connectivity index (χ1n) is 7.11. The van der Waals surface area contributed by atoms with Crippen LogP contribution in [0.3, 0.4) is 0 Å². The molecule has 122 valence electrons. The molecule has 5 nitrogen and oxygen atoms in total. The fourth-order valence-electron chi connectivity index (χ4n) is 1.97. The Morgan fingerprint density at radius 3 is 2.78 bits per heavy atom. The van der Waals surface area contributed by atoms with Gasteiger partial charge in [-0.2, -0.15) is 0 Å². The molecule has 0 unspecified atom stereocenters. The minimum absolute atomic E-state index is 0.298. The molecule has 0 saturated heterocycles. The minimum atomic E-state index is -0.499. The van der Waals surface area contributed by atoms with Crippen LogP contribution in [0.25, 0.3) is 0 Å². The molecule has 0 radical (unpaired) electrons. The summed E-state index contributed by atoms with van der Waals surface area (Å²) in [6.07, 6.45) is -0.499. The van der Waals surface area contributed by atoms with Crippen molar-refractivity contribution in [3.8, 4) is 11.5 Å². The lowest BCUT2D eigenvalue weighted by molar-refractivity contribution is 0.168. The van der Waals surface area contributed by atoms with Crippen molar-refractivity contribution in [2.45, 2.75) is 13.5 Å². The molecule has 6 heteroatoms. The molecular formula is C17H18ClNO4. The van der Waals surface area contributed by atoms with Gasteiger partial charge in [0.25, 0.3) is 0 Å². The van der Waals surface area contributed by atoms with Gasteiger partial charge in [-0.25, -0.2) is 4.79 Å². The van der Waals surface area contributed by atoms with Gasteiger partial charge in [-0.3, -0.25) is 5.32 Å². The molecule has 0 atom stereocenters. The third-order valence-electron chi connectivity index (χ3n) is 2.99. The van der Waals surface area contributed by atoms with Crippen molar-refractivity contribution in [2.75, 3.05) is 19.0 Å². The third-order valence-corrected chi connectivity index (χ3v) is 3.23. The van der Waals surface area contributed by atoms with E-state index in [1.807, 2.05) is 0 Å². The first-order valence-corrected chi connectivity index (χ1v) is 7.49. The van der Waals surface area contributed by atoms with Crippen LogP contribution < -0.4 is 14.8 Å². The van der Waals surface area contributed by atoms with E-state index >= 15 is 0 Å². The van der Waals surface area contributed by atoms with Crippen molar-refractivity contribution in [3.05, 3.63) is 53.1 Å². The highest BCUT2D eigenvalue weighted by Gasteiger charge is 2.07. The van der Waals surface area contributed by atoms with Crippen LogP contribution in [0.5, 0.6) is 11.5 Å². The van der Waals surface area contributed by atoms with Gasteiger partial charge < -0.3 is 14.2 Å². The summed E-state index contributed by atoms with van der Waals surface area (Å²) in [5.74, 6) is 1.32. The van der Waals surface area contributed by atoms with Gasteiger partial charge >= 0.3 is 6.09 Å². The average molecular weight is 336 g/mol. The molecule has 0 fully saturated rings. The van der Waals surface area contributed by atoms with Gasteiger partial charge in [-0.05, 0) is 37.3 Å². The SMILES string of the molecule is CCOC(=O)Nc1cccc(OCc2cc(Cl)ccc2OC)c1. The number of hydrogen-bond acceptors (Lipinski definition) is 4. The van der Waals surface area contributed by atoms with Gasteiger partial charge in [0.15, 0.2) is 0 Å². The Morgan fingerprint density at radius 1 is 1.22 bits per heavy atom. The topological polar surface area (TPSA) is 56.8 Å². The molecule has 0 aromatic heterocycles. The summed E-state index contributed by atoms with van der Waals surface area (Å²) in [7, 11) is 1.59. The van der Waals surface area contributed by atoms with E-state index in [0.717, 1.165) is 5.56 Å². The largest absolute Gasteiger partial charge is 0.496 e. The Hall–Kier alpha value is -2.40. The van der Waals surface area contributed by atoms with E-state index in [1.54, 1.807) is 56.5 Å². The van der Waals surface area contributed by atoms with Crippen molar-refractivity contribution in [1.82, 2.24) is 0 Å². The molecule has 1 N–H and O–H groups in total. The van der Waals surface area contributed by atoms with Crippen LogP contribution >= 0.6 is 11.6 Å². The lowest BCUT2D eigenvalue weighted by Crippen LogP contribution is -2.13. The predicted molar refractivity (Wildman–Crippen MR) is 89.4 cm³/mol. The maximum atomic E-state index is 11.4. The smallest absolute Gasteiger partial charge is 0.411 e.